The second-order valence-corrected chi connectivity index (χ2v) is 7.13. The maximum absolute atomic E-state index is 12.6. The van der Waals surface area contributed by atoms with Gasteiger partial charge in [-0.3, -0.25) is 19.5 Å². The third-order valence-electron chi connectivity index (χ3n) is 4.98. The summed E-state index contributed by atoms with van der Waals surface area (Å²) in [5.41, 5.74) is 1.23. The van der Waals surface area contributed by atoms with Crippen molar-refractivity contribution in [3.8, 4) is 0 Å². The molecule has 2 atom stereocenters. The van der Waals surface area contributed by atoms with E-state index in [1.54, 1.807) is 4.90 Å². The lowest BCUT2D eigenvalue weighted by atomic mass is 9.95. The first kappa shape index (κ1) is 20.5. The Bertz CT molecular complexity index is 863. The number of aliphatic hydroxyl groups excluding tert-OH is 1. The van der Waals surface area contributed by atoms with Gasteiger partial charge in [-0.05, 0) is 24.8 Å². The van der Waals surface area contributed by atoms with Crippen molar-refractivity contribution in [1.82, 2.24) is 20.4 Å². The summed E-state index contributed by atoms with van der Waals surface area (Å²) >= 11 is 0. The summed E-state index contributed by atoms with van der Waals surface area (Å²) in [5, 5.41) is 27.9. The minimum absolute atomic E-state index is 0.0582. The molecular formula is C20H24N4O5. The van der Waals surface area contributed by atoms with Crippen LogP contribution in [0.4, 0.5) is 0 Å². The van der Waals surface area contributed by atoms with E-state index in [4.69, 9.17) is 0 Å². The van der Waals surface area contributed by atoms with Gasteiger partial charge in [-0.25, -0.2) is 0 Å². The van der Waals surface area contributed by atoms with Crippen molar-refractivity contribution in [3.63, 3.8) is 0 Å². The Balaban J connectivity index is 1.70. The Hall–Kier alpha value is -3.20. The zero-order valence-corrected chi connectivity index (χ0v) is 15.9. The summed E-state index contributed by atoms with van der Waals surface area (Å²) < 4.78 is 0. The van der Waals surface area contributed by atoms with Crippen LogP contribution in [-0.2, 0) is 11.2 Å². The molecule has 3 rings (SSSR count). The summed E-state index contributed by atoms with van der Waals surface area (Å²) in [6.07, 6.45) is 1.43. The number of aliphatic carboxylic acids is 1. The first-order chi connectivity index (χ1) is 14.0. The molecule has 1 aliphatic rings. The van der Waals surface area contributed by atoms with Gasteiger partial charge in [0.25, 0.3) is 11.8 Å². The Labute approximate surface area is 167 Å². The number of H-pyrrole nitrogens is 1. The van der Waals surface area contributed by atoms with E-state index >= 15 is 0 Å². The molecule has 1 aromatic carbocycles. The molecule has 0 radical (unpaired) electrons. The highest BCUT2D eigenvalue weighted by Crippen LogP contribution is 2.15. The highest BCUT2D eigenvalue weighted by atomic mass is 16.4. The third-order valence-corrected chi connectivity index (χ3v) is 4.98. The van der Waals surface area contributed by atoms with Gasteiger partial charge in [-0.2, -0.15) is 5.10 Å². The minimum Gasteiger partial charge on any atom is -0.481 e. The number of aromatic nitrogens is 2. The van der Waals surface area contributed by atoms with Gasteiger partial charge in [0.05, 0.1) is 12.5 Å². The van der Waals surface area contributed by atoms with Crippen molar-refractivity contribution in [1.29, 1.82) is 0 Å². The molecule has 0 saturated carbocycles. The normalized spacial score (nSPS) is 15.3. The van der Waals surface area contributed by atoms with Crippen LogP contribution in [-0.4, -0.2) is 68.8 Å². The van der Waals surface area contributed by atoms with Gasteiger partial charge in [0, 0.05) is 25.2 Å². The third kappa shape index (κ3) is 5.20. The van der Waals surface area contributed by atoms with Crippen molar-refractivity contribution >= 4 is 17.8 Å². The lowest BCUT2D eigenvalue weighted by molar-refractivity contribution is -0.143. The number of hydrogen-bond donors (Lipinski definition) is 4. The van der Waals surface area contributed by atoms with Gasteiger partial charge in [-0.1, -0.05) is 30.3 Å². The van der Waals surface area contributed by atoms with Crippen molar-refractivity contribution in [2.75, 3.05) is 19.7 Å². The van der Waals surface area contributed by atoms with Gasteiger partial charge in [0.2, 0.25) is 0 Å². The molecular weight excluding hydrogens is 376 g/mol. The fraction of sp³-hybridized carbons (Fsp3) is 0.400. The number of benzene rings is 1. The second-order valence-electron chi connectivity index (χ2n) is 7.13. The van der Waals surface area contributed by atoms with E-state index < -0.39 is 30.4 Å². The van der Waals surface area contributed by atoms with Crippen LogP contribution < -0.4 is 5.32 Å². The molecule has 154 valence electrons. The molecule has 1 aromatic heterocycles. The zero-order valence-electron chi connectivity index (χ0n) is 15.9. The molecule has 2 aromatic rings. The van der Waals surface area contributed by atoms with Gasteiger partial charge in [-0.15, -0.1) is 0 Å². The maximum Gasteiger partial charge on any atom is 0.308 e. The number of nitrogens with one attached hydrogen (secondary N) is 2. The molecule has 9 nitrogen and oxygen atoms in total. The summed E-state index contributed by atoms with van der Waals surface area (Å²) in [6, 6.07) is 10.2. The number of aromatic amines is 1. The smallest absolute Gasteiger partial charge is 0.308 e. The van der Waals surface area contributed by atoms with E-state index in [1.807, 2.05) is 30.3 Å². The maximum atomic E-state index is 12.6. The minimum atomic E-state index is -1.12. The topological polar surface area (TPSA) is 136 Å². The second kappa shape index (κ2) is 9.33. The molecule has 2 heterocycles. The van der Waals surface area contributed by atoms with Crippen LogP contribution in [0.1, 0.15) is 39.4 Å². The molecule has 9 heteroatoms. The van der Waals surface area contributed by atoms with E-state index in [9.17, 15) is 24.6 Å². The number of carbonyl (C=O) groups excluding carboxylic acids is 2. The number of carboxylic acid groups (broad SMARTS) is 1. The average Bonchev–Trinajstić information content (AvgIpc) is 3.15. The predicted molar refractivity (Wildman–Crippen MR) is 103 cm³/mol. The molecule has 29 heavy (non-hydrogen) atoms. The van der Waals surface area contributed by atoms with E-state index in [0.29, 0.717) is 19.5 Å². The molecule has 0 bridgehead atoms. The number of carbonyl (C=O) groups is 3. The average molecular weight is 400 g/mol. The molecule has 0 aliphatic carbocycles. The highest BCUT2D eigenvalue weighted by Gasteiger charge is 2.27. The Morgan fingerprint density at radius 2 is 1.93 bits per heavy atom. The Morgan fingerprint density at radius 3 is 2.52 bits per heavy atom. The van der Waals surface area contributed by atoms with Crippen molar-refractivity contribution in [2.24, 2.45) is 5.92 Å². The molecule has 1 aliphatic heterocycles. The van der Waals surface area contributed by atoms with E-state index in [1.165, 1.54) is 6.07 Å². The van der Waals surface area contributed by atoms with E-state index in [2.05, 4.69) is 15.5 Å². The molecule has 2 unspecified atom stereocenters. The van der Waals surface area contributed by atoms with Gasteiger partial charge in [0.15, 0.2) is 5.69 Å². The van der Waals surface area contributed by atoms with Crippen LogP contribution >= 0.6 is 0 Å². The van der Waals surface area contributed by atoms with Crippen LogP contribution in [0.15, 0.2) is 36.4 Å². The Morgan fingerprint density at radius 1 is 1.21 bits per heavy atom. The van der Waals surface area contributed by atoms with E-state index in [0.717, 1.165) is 12.0 Å². The number of aliphatic hydroxyl groups is 1. The largest absolute Gasteiger partial charge is 0.481 e. The number of amides is 2. The summed E-state index contributed by atoms with van der Waals surface area (Å²) in [7, 11) is 0. The quantitative estimate of drug-likeness (QED) is 0.489. The number of rotatable bonds is 9. The molecule has 2 amide bonds. The fourth-order valence-electron chi connectivity index (χ4n) is 3.19. The Kier molecular flexibility index (Phi) is 6.61. The fourth-order valence-corrected chi connectivity index (χ4v) is 3.19. The lowest BCUT2D eigenvalue weighted by Gasteiger charge is -2.30. The van der Waals surface area contributed by atoms with E-state index in [-0.39, 0.29) is 23.7 Å². The van der Waals surface area contributed by atoms with Gasteiger partial charge < -0.3 is 20.4 Å². The molecule has 4 N–H and O–H groups in total. The number of carboxylic acids is 1. The van der Waals surface area contributed by atoms with Crippen LogP contribution in [0.25, 0.3) is 0 Å². The van der Waals surface area contributed by atoms with Crippen LogP contribution in [0.3, 0.4) is 0 Å². The SMILES string of the molecule is O=C(NC(Cc1ccccc1)CC(CO)C(=O)O)c1cc(C(=O)N2CCC2)[nH]n1. The van der Waals surface area contributed by atoms with Crippen LogP contribution in [0.5, 0.6) is 0 Å². The molecule has 1 saturated heterocycles. The van der Waals surface area contributed by atoms with Crippen molar-refractivity contribution in [3.05, 3.63) is 53.3 Å². The number of likely N-dealkylation sites (tertiary alicyclic amines) is 1. The lowest BCUT2D eigenvalue weighted by Crippen LogP contribution is -2.42. The van der Waals surface area contributed by atoms with Crippen molar-refractivity contribution < 1.29 is 24.6 Å². The number of nitrogens with zero attached hydrogens (tertiary/aromatic N) is 2. The van der Waals surface area contributed by atoms with Gasteiger partial charge >= 0.3 is 5.97 Å². The summed E-state index contributed by atoms with van der Waals surface area (Å²) in [5.74, 6) is -2.82. The first-order valence-corrected chi connectivity index (χ1v) is 9.51. The predicted octanol–water partition coefficient (Wildman–Crippen LogP) is 0.680. The van der Waals surface area contributed by atoms with Crippen LogP contribution in [0.2, 0.25) is 0 Å². The molecule has 0 spiro atoms. The summed E-state index contributed by atoms with van der Waals surface area (Å²) in [6.45, 7) is 0.861. The first-order valence-electron chi connectivity index (χ1n) is 9.51. The summed E-state index contributed by atoms with van der Waals surface area (Å²) in [4.78, 5) is 37.8. The monoisotopic (exact) mass is 400 g/mol. The number of hydrogen-bond acceptors (Lipinski definition) is 5. The van der Waals surface area contributed by atoms with Gasteiger partial charge in [0.1, 0.15) is 5.69 Å². The van der Waals surface area contributed by atoms with Crippen molar-refractivity contribution in [2.45, 2.75) is 25.3 Å². The highest BCUT2D eigenvalue weighted by molar-refractivity contribution is 5.98. The standard InChI is InChI=1S/C20H24N4O5/c25-12-14(20(28)29)10-15(9-13-5-2-1-3-6-13)21-18(26)16-11-17(23-22-16)19(27)24-7-4-8-24/h1-3,5-6,11,14-15,25H,4,7-10,12H2,(H,21,26)(H,22,23)(H,28,29). The molecule has 1 fully saturated rings. The zero-order chi connectivity index (χ0) is 20.8. The van der Waals surface area contributed by atoms with Crippen LogP contribution in [0, 0.1) is 5.92 Å².